The lowest BCUT2D eigenvalue weighted by Gasteiger charge is -2.56. The predicted molar refractivity (Wildman–Crippen MR) is 131 cm³/mol. The van der Waals surface area contributed by atoms with E-state index < -0.39 is 0 Å². The molecule has 0 amide bonds. The van der Waals surface area contributed by atoms with Crippen LogP contribution in [0.15, 0.2) is 72.8 Å². The van der Waals surface area contributed by atoms with Gasteiger partial charge in [-0.25, -0.2) is 0 Å². The molecular formula is C28H31N3O. The van der Waals surface area contributed by atoms with Crippen LogP contribution < -0.4 is 21.1 Å². The molecule has 0 atom stereocenters. The van der Waals surface area contributed by atoms with E-state index in [1.165, 1.54) is 38.5 Å². The number of nitrogens with zero attached hydrogens (tertiary/aromatic N) is 1. The van der Waals surface area contributed by atoms with E-state index in [2.05, 4.69) is 29.2 Å². The Hall–Kier alpha value is -3.14. The maximum atomic E-state index is 6.74. The summed E-state index contributed by atoms with van der Waals surface area (Å²) in [5.41, 5.74) is 16.6. The Balaban J connectivity index is 1.29. The van der Waals surface area contributed by atoms with Gasteiger partial charge in [-0.05, 0) is 129 Å². The molecule has 4 N–H and O–H groups in total. The first kappa shape index (κ1) is 19.5. The van der Waals surface area contributed by atoms with Crippen LogP contribution in [0.5, 0.6) is 5.75 Å². The zero-order valence-corrected chi connectivity index (χ0v) is 18.4. The Morgan fingerprint density at radius 3 is 1.38 bits per heavy atom. The molecule has 0 heterocycles. The third kappa shape index (κ3) is 3.58. The Kier molecular flexibility index (Phi) is 4.56. The van der Waals surface area contributed by atoms with E-state index in [1.54, 1.807) is 0 Å². The number of benzene rings is 3. The molecular weight excluding hydrogens is 394 g/mol. The van der Waals surface area contributed by atoms with Crippen molar-refractivity contribution in [1.29, 1.82) is 0 Å². The van der Waals surface area contributed by atoms with Crippen LogP contribution in [0.4, 0.5) is 28.4 Å². The first-order valence-corrected chi connectivity index (χ1v) is 11.9. The minimum absolute atomic E-state index is 0.0733. The monoisotopic (exact) mass is 425 g/mol. The average Bonchev–Trinajstić information content (AvgIpc) is 2.76. The molecule has 0 spiro atoms. The fourth-order valence-electron chi connectivity index (χ4n) is 6.76. The summed E-state index contributed by atoms with van der Waals surface area (Å²) in [6, 6.07) is 24.5. The molecule has 164 valence electrons. The highest BCUT2D eigenvalue weighted by atomic mass is 16.5. The van der Waals surface area contributed by atoms with Gasteiger partial charge in [0.25, 0.3) is 0 Å². The molecule has 4 heteroatoms. The third-order valence-corrected chi connectivity index (χ3v) is 7.71. The van der Waals surface area contributed by atoms with Gasteiger partial charge in [0.15, 0.2) is 0 Å². The van der Waals surface area contributed by atoms with Crippen molar-refractivity contribution in [2.45, 2.75) is 44.1 Å². The van der Waals surface area contributed by atoms with Gasteiger partial charge in [-0.15, -0.1) is 0 Å². The molecule has 4 bridgehead atoms. The number of nitrogen functional groups attached to an aromatic ring is 2. The molecule has 32 heavy (non-hydrogen) atoms. The summed E-state index contributed by atoms with van der Waals surface area (Å²) in [5, 5.41) is 0. The smallest absolute Gasteiger partial charge is 0.120 e. The van der Waals surface area contributed by atoms with Crippen molar-refractivity contribution in [3.8, 4) is 5.75 Å². The van der Waals surface area contributed by atoms with Crippen LogP contribution in [-0.4, -0.2) is 5.60 Å². The van der Waals surface area contributed by atoms with E-state index in [4.69, 9.17) is 16.2 Å². The molecule has 4 aliphatic carbocycles. The molecule has 0 unspecified atom stereocenters. The number of hydrogen-bond donors (Lipinski definition) is 2. The number of ether oxygens (including phenoxy) is 1. The van der Waals surface area contributed by atoms with Crippen LogP contribution in [0.25, 0.3) is 0 Å². The van der Waals surface area contributed by atoms with Gasteiger partial charge in [0.2, 0.25) is 0 Å². The SMILES string of the molecule is Nc1ccc(N(c2ccc(N)cc2)c2ccc(OC34CC5CC(CC(C5)C3)C4)cc2)cc1. The van der Waals surface area contributed by atoms with Crippen LogP contribution in [0, 0.1) is 17.8 Å². The fraction of sp³-hybridized carbons (Fsp3) is 0.357. The third-order valence-electron chi connectivity index (χ3n) is 7.71. The van der Waals surface area contributed by atoms with Gasteiger partial charge < -0.3 is 21.1 Å². The van der Waals surface area contributed by atoms with Crippen molar-refractivity contribution in [2.75, 3.05) is 16.4 Å². The van der Waals surface area contributed by atoms with Crippen molar-refractivity contribution in [3.63, 3.8) is 0 Å². The molecule has 4 fully saturated rings. The number of rotatable bonds is 5. The van der Waals surface area contributed by atoms with E-state index >= 15 is 0 Å². The second kappa shape index (κ2) is 7.47. The Morgan fingerprint density at radius 1 is 0.594 bits per heavy atom. The minimum Gasteiger partial charge on any atom is -0.487 e. The second-order valence-electron chi connectivity index (χ2n) is 10.2. The highest BCUT2D eigenvalue weighted by molar-refractivity contribution is 5.78. The summed E-state index contributed by atoms with van der Waals surface area (Å²) in [5.74, 6) is 3.64. The standard InChI is InChI=1S/C28H31N3O/c29-22-1-5-24(6-2-22)31(25-7-3-23(30)4-8-25)26-9-11-27(12-10-26)32-28-16-19-13-20(17-28)15-21(14-19)18-28/h1-12,19-21H,13-18,29-30H2. The molecule has 0 radical (unpaired) electrons. The quantitative estimate of drug-likeness (QED) is 0.448. The zero-order chi connectivity index (χ0) is 21.7. The summed E-state index contributed by atoms with van der Waals surface area (Å²) in [6.45, 7) is 0. The van der Waals surface area contributed by atoms with Crippen LogP contribution in [0.3, 0.4) is 0 Å². The lowest BCUT2D eigenvalue weighted by atomic mass is 9.54. The van der Waals surface area contributed by atoms with Crippen molar-refractivity contribution >= 4 is 28.4 Å². The lowest BCUT2D eigenvalue weighted by Crippen LogP contribution is -2.53. The molecule has 4 saturated carbocycles. The van der Waals surface area contributed by atoms with Crippen molar-refractivity contribution in [1.82, 2.24) is 0 Å². The van der Waals surface area contributed by atoms with E-state index in [0.717, 1.165) is 51.9 Å². The summed E-state index contributed by atoms with van der Waals surface area (Å²) in [6.07, 6.45) is 8.01. The summed E-state index contributed by atoms with van der Waals surface area (Å²) < 4.78 is 6.74. The Labute approximate surface area is 190 Å². The second-order valence-corrected chi connectivity index (χ2v) is 10.2. The van der Waals surface area contributed by atoms with Crippen molar-refractivity contribution in [2.24, 2.45) is 17.8 Å². The molecule has 0 aromatic heterocycles. The molecule has 0 aliphatic heterocycles. The summed E-state index contributed by atoms with van der Waals surface area (Å²) in [4.78, 5) is 2.22. The van der Waals surface area contributed by atoms with Gasteiger partial charge in [0.1, 0.15) is 11.4 Å². The summed E-state index contributed by atoms with van der Waals surface area (Å²) in [7, 11) is 0. The first-order chi connectivity index (χ1) is 15.6. The maximum Gasteiger partial charge on any atom is 0.120 e. The molecule has 4 aliphatic rings. The van der Waals surface area contributed by atoms with E-state index in [0.29, 0.717) is 0 Å². The van der Waals surface area contributed by atoms with Crippen LogP contribution in [0.1, 0.15) is 38.5 Å². The number of hydrogen-bond acceptors (Lipinski definition) is 4. The van der Waals surface area contributed by atoms with Crippen molar-refractivity contribution in [3.05, 3.63) is 72.8 Å². The largest absolute Gasteiger partial charge is 0.487 e. The van der Waals surface area contributed by atoms with Gasteiger partial charge in [-0.1, -0.05) is 0 Å². The average molecular weight is 426 g/mol. The van der Waals surface area contributed by atoms with Gasteiger partial charge in [-0.3, -0.25) is 0 Å². The lowest BCUT2D eigenvalue weighted by molar-refractivity contribution is -0.107. The van der Waals surface area contributed by atoms with E-state index in [9.17, 15) is 0 Å². The fourth-order valence-corrected chi connectivity index (χ4v) is 6.76. The Bertz CT molecular complexity index is 1010. The molecule has 3 aromatic rings. The molecule has 4 nitrogen and oxygen atoms in total. The molecule has 7 rings (SSSR count). The van der Waals surface area contributed by atoms with E-state index in [-0.39, 0.29) is 5.60 Å². The highest BCUT2D eigenvalue weighted by Gasteiger charge is 2.52. The number of nitrogens with two attached hydrogens (primary N) is 2. The number of anilines is 5. The van der Waals surface area contributed by atoms with Gasteiger partial charge >= 0.3 is 0 Å². The molecule has 3 aromatic carbocycles. The molecule has 0 saturated heterocycles. The van der Waals surface area contributed by atoms with Gasteiger partial charge in [-0.2, -0.15) is 0 Å². The van der Waals surface area contributed by atoms with Crippen molar-refractivity contribution < 1.29 is 4.74 Å². The van der Waals surface area contributed by atoms with Crippen LogP contribution >= 0.6 is 0 Å². The maximum absolute atomic E-state index is 6.74. The topological polar surface area (TPSA) is 64.5 Å². The predicted octanol–water partition coefficient (Wildman–Crippen LogP) is 6.67. The first-order valence-electron chi connectivity index (χ1n) is 11.9. The highest BCUT2D eigenvalue weighted by Crippen LogP contribution is 2.57. The van der Waals surface area contributed by atoms with Crippen LogP contribution in [-0.2, 0) is 0 Å². The zero-order valence-electron chi connectivity index (χ0n) is 18.4. The Morgan fingerprint density at radius 2 is 0.969 bits per heavy atom. The van der Waals surface area contributed by atoms with Gasteiger partial charge in [0.05, 0.1) is 0 Å². The minimum atomic E-state index is 0.0733. The summed E-state index contributed by atoms with van der Waals surface area (Å²) >= 11 is 0. The van der Waals surface area contributed by atoms with Gasteiger partial charge in [0, 0.05) is 28.4 Å². The van der Waals surface area contributed by atoms with Crippen LogP contribution in [0.2, 0.25) is 0 Å². The normalized spacial score (nSPS) is 27.9. The van der Waals surface area contributed by atoms with E-state index in [1.807, 2.05) is 48.5 Å².